The van der Waals surface area contributed by atoms with Crippen LogP contribution in [0, 0.1) is 16.7 Å². The number of amides is 1. The van der Waals surface area contributed by atoms with Gasteiger partial charge in [-0.25, -0.2) is 8.42 Å². The van der Waals surface area contributed by atoms with E-state index >= 15 is 0 Å². The van der Waals surface area contributed by atoms with Gasteiger partial charge in [-0.1, -0.05) is 12.1 Å². The van der Waals surface area contributed by atoms with Gasteiger partial charge in [0.2, 0.25) is 5.91 Å². The van der Waals surface area contributed by atoms with Crippen molar-refractivity contribution in [1.82, 2.24) is 4.90 Å². The molecule has 1 aromatic carbocycles. The Bertz CT molecular complexity index is 1020. The van der Waals surface area contributed by atoms with Gasteiger partial charge in [-0.05, 0) is 25.0 Å². The van der Waals surface area contributed by atoms with E-state index in [4.69, 9.17) is 5.73 Å². The number of carbonyl (C=O) groups is 2. The normalized spacial score (nSPS) is 29.9. The summed E-state index contributed by atoms with van der Waals surface area (Å²) >= 11 is 0. The number of likely N-dealkylation sites (tertiary alicyclic amines) is 1. The number of nitrogens with two attached hydrogens (primary N) is 1. The van der Waals surface area contributed by atoms with Crippen molar-refractivity contribution in [2.75, 3.05) is 6.54 Å². The summed E-state index contributed by atoms with van der Waals surface area (Å²) in [5, 5.41) is 17.3. The van der Waals surface area contributed by atoms with Crippen LogP contribution >= 0.6 is 0 Å². The van der Waals surface area contributed by atoms with Gasteiger partial charge >= 0.3 is 12.1 Å². The highest BCUT2D eigenvalue weighted by Gasteiger charge is 2.66. The number of carboxylic acids is 1. The SMILES string of the molecule is N#CC1(C(N)=O)CC1N1C[C@H](S(=O)(=O)c2ccccc2C(F)(F)F)C[C@H]1C(=O)O. The van der Waals surface area contributed by atoms with Gasteiger partial charge in [0.1, 0.15) is 6.04 Å². The lowest BCUT2D eigenvalue weighted by Crippen LogP contribution is -2.42. The maximum absolute atomic E-state index is 13.3. The number of nitrogens with zero attached hydrogens (tertiary/aromatic N) is 2. The molecule has 0 radical (unpaired) electrons. The van der Waals surface area contributed by atoms with Crippen molar-refractivity contribution in [2.24, 2.45) is 11.1 Å². The number of alkyl halides is 3. The van der Waals surface area contributed by atoms with E-state index in [1.54, 1.807) is 6.07 Å². The molecule has 2 unspecified atom stereocenters. The van der Waals surface area contributed by atoms with Crippen molar-refractivity contribution in [2.45, 2.75) is 41.2 Å². The van der Waals surface area contributed by atoms with Crippen molar-refractivity contribution >= 4 is 21.7 Å². The smallest absolute Gasteiger partial charge is 0.417 e. The second kappa shape index (κ2) is 6.70. The molecule has 29 heavy (non-hydrogen) atoms. The fourth-order valence-corrected chi connectivity index (χ4v) is 5.77. The molecule has 3 N–H and O–H groups in total. The van der Waals surface area contributed by atoms with Gasteiger partial charge in [0.15, 0.2) is 15.3 Å². The summed E-state index contributed by atoms with van der Waals surface area (Å²) in [7, 11) is -4.55. The maximum atomic E-state index is 13.3. The summed E-state index contributed by atoms with van der Waals surface area (Å²) in [4.78, 5) is 23.5. The fraction of sp³-hybridized carbons (Fsp3) is 0.471. The Morgan fingerprint density at radius 2 is 1.93 bits per heavy atom. The molecule has 0 bridgehead atoms. The van der Waals surface area contributed by atoms with Crippen molar-refractivity contribution in [3.63, 3.8) is 0 Å². The summed E-state index contributed by atoms with van der Waals surface area (Å²) in [6.07, 6.45) is -5.44. The van der Waals surface area contributed by atoms with Crippen LogP contribution in [0.2, 0.25) is 0 Å². The third kappa shape index (κ3) is 3.34. The van der Waals surface area contributed by atoms with Crippen molar-refractivity contribution in [3.8, 4) is 6.07 Å². The number of aliphatic carboxylic acids is 1. The van der Waals surface area contributed by atoms with Gasteiger partial charge < -0.3 is 10.8 Å². The highest BCUT2D eigenvalue weighted by Crippen LogP contribution is 2.51. The zero-order valence-corrected chi connectivity index (χ0v) is 15.6. The van der Waals surface area contributed by atoms with E-state index in [0.29, 0.717) is 6.07 Å². The van der Waals surface area contributed by atoms with Crippen LogP contribution in [-0.4, -0.2) is 54.2 Å². The average molecular weight is 431 g/mol. The predicted molar refractivity (Wildman–Crippen MR) is 90.8 cm³/mol. The molecule has 1 aliphatic heterocycles. The Balaban J connectivity index is 1.97. The first-order valence-electron chi connectivity index (χ1n) is 8.46. The van der Waals surface area contributed by atoms with Crippen LogP contribution in [0.15, 0.2) is 29.2 Å². The molecule has 2 aliphatic rings. The molecule has 1 saturated heterocycles. The van der Waals surface area contributed by atoms with Gasteiger partial charge in [0.05, 0.1) is 21.8 Å². The van der Waals surface area contributed by atoms with E-state index in [1.807, 2.05) is 0 Å². The third-order valence-electron chi connectivity index (χ3n) is 5.49. The number of benzene rings is 1. The van der Waals surface area contributed by atoms with Crippen LogP contribution in [0.4, 0.5) is 13.2 Å². The lowest BCUT2D eigenvalue weighted by molar-refractivity contribution is -0.143. The number of carboxylic acid groups (broad SMARTS) is 1. The van der Waals surface area contributed by atoms with E-state index in [1.165, 1.54) is 4.90 Å². The Hall–Kier alpha value is -2.65. The maximum Gasteiger partial charge on any atom is 0.417 e. The Morgan fingerprint density at radius 1 is 1.31 bits per heavy atom. The number of rotatable bonds is 5. The number of hydrogen-bond donors (Lipinski definition) is 2. The minimum Gasteiger partial charge on any atom is -0.480 e. The third-order valence-corrected chi connectivity index (χ3v) is 7.68. The first-order chi connectivity index (χ1) is 13.4. The predicted octanol–water partition coefficient (Wildman–Crippen LogP) is 0.774. The van der Waals surface area contributed by atoms with Gasteiger partial charge in [-0.2, -0.15) is 18.4 Å². The van der Waals surface area contributed by atoms with E-state index < -0.39 is 74.1 Å². The lowest BCUT2D eigenvalue weighted by atomic mass is 10.1. The van der Waals surface area contributed by atoms with Gasteiger partial charge in [-0.15, -0.1) is 0 Å². The molecule has 0 spiro atoms. The second-order valence-corrected chi connectivity index (χ2v) is 9.31. The molecule has 8 nitrogen and oxygen atoms in total. The molecule has 4 atom stereocenters. The topological polar surface area (TPSA) is 142 Å². The van der Waals surface area contributed by atoms with Crippen LogP contribution < -0.4 is 5.73 Å². The largest absolute Gasteiger partial charge is 0.480 e. The number of primary amides is 1. The van der Waals surface area contributed by atoms with Crippen molar-refractivity contribution in [3.05, 3.63) is 29.8 Å². The number of hydrogen-bond acceptors (Lipinski definition) is 6. The summed E-state index contributed by atoms with van der Waals surface area (Å²) < 4.78 is 65.7. The van der Waals surface area contributed by atoms with Crippen LogP contribution in [-0.2, 0) is 25.6 Å². The monoisotopic (exact) mass is 431 g/mol. The zero-order valence-electron chi connectivity index (χ0n) is 14.8. The van der Waals surface area contributed by atoms with Gasteiger partial charge in [0, 0.05) is 12.6 Å². The lowest BCUT2D eigenvalue weighted by Gasteiger charge is -2.22. The van der Waals surface area contributed by atoms with Gasteiger partial charge in [-0.3, -0.25) is 14.5 Å². The van der Waals surface area contributed by atoms with E-state index in [9.17, 15) is 41.5 Å². The van der Waals surface area contributed by atoms with Crippen LogP contribution in [0.25, 0.3) is 0 Å². The molecule has 1 aromatic rings. The Labute approximate surface area is 163 Å². The minimum absolute atomic E-state index is 0.0610. The minimum atomic E-state index is -4.91. The number of nitriles is 1. The molecular formula is C17H16F3N3O5S. The molecule has 1 heterocycles. The summed E-state index contributed by atoms with van der Waals surface area (Å²) in [6.45, 7) is -0.424. The molecule has 0 aromatic heterocycles. The molecule has 12 heteroatoms. The molecule has 2 fully saturated rings. The first-order valence-corrected chi connectivity index (χ1v) is 10.0. The van der Waals surface area contributed by atoms with Crippen LogP contribution in [0.1, 0.15) is 18.4 Å². The number of sulfone groups is 1. The van der Waals surface area contributed by atoms with Crippen molar-refractivity contribution in [1.29, 1.82) is 5.26 Å². The molecule has 1 aliphatic carbocycles. The molecular weight excluding hydrogens is 415 g/mol. The summed E-state index contributed by atoms with van der Waals surface area (Å²) in [5.41, 5.74) is 2.26. The molecule has 156 valence electrons. The van der Waals surface area contributed by atoms with Crippen molar-refractivity contribution < 1.29 is 36.3 Å². The van der Waals surface area contributed by atoms with Crippen LogP contribution in [0.3, 0.4) is 0 Å². The highest BCUT2D eigenvalue weighted by atomic mass is 32.2. The number of halogens is 3. The van der Waals surface area contributed by atoms with E-state index in [-0.39, 0.29) is 6.42 Å². The first kappa shape index (κ1) is 21.1. The highest BCUT2D eigenvalue weighted by molar-refractivity contribution is 7.92. The zero-order chi connectivity index (χ0) is 21.8. The standard InChI is InChI=1S/C17H16F3N3O5S/c18-17(19,20)10-3-1-2-4-12(10)29(27,28)9-5-11(14(24)25)23(7-9)13-6-16(13,8-21)15(22)26/h1-4,9,11,13H,5-7H2,(H2,22,26)(H,24,25)/t9-,11+,13?,16?/m1/s1. The average Bonchev–Trinajstić information content (AvgIpc) is 3.22. The molecule has 1 saturated carbocycles. The van der Waals surface area contributed by atoms with Crippen LogP contribution in [0.5, 0.6) is 0 Å². The Morgan fingerprint density at radius 3 is 2.41 bits per heavy atom. The summed E-state index contributed by atoms with van der Waals surface area (Å²) in [5.74, 6) is -2.35. The Kier molecular flexibility index (Phi) is 4.87. The number of carbonyl (C=O) groups excluding carboxylic acids is 1. The quantitative estimate of drug-likeness (QED) is 0.701. The molecule has 3 rings (SSSR count). The fourth-order valence-electron chi connectivity index (χ4n) is 3.85. The van der Waals surface area contributed by atoms with E-state index in [0.717, 1.165) is 18.2 Å². The second-order valence-electron chi connectivity index (χ2n) is 7.11. The van der Waals surface area contributed by atoms with Gasteiger partial charge in [0.25, 0.3) is 0 Å². The molecule has 1 amide bonds. The summed E-state index contributed by atoms with van der Waals surface area (Å²) in [6, 6.07) is 3.16. The van der Waals surface area contributed by atoms with E-state index in [2.05, 4.69) is 0 Å².